The molecular formula is C14H16O3. The second kappa shape index (κ2) is 4.06. The van der Waals surface area contributed by atoms with Crippen LogP contribution in [0.15, 0.2) is 12.1 Å². The molecule has 1 aromatic rings. The molecule has 0 N–H and O–H groups in total. The first-order valence-corrected chi connectivity index (χ1v) is 6.22. The summed E-state index contributed by atoms with van der Waals surface area (Å²) < 4.78 is 11.3. The Morgan fingerprint density at radius 3 is 2.65 bits per heavy atom. The Balaban J connectivity index is 2.11. The Morgan fingerprint density at radius 1 is 1.18 bits per heavy atom. The Morgan fingerprint density at radius 2 is 1.88 bits per heavy atom. The Kier molecular flexibility index (Phi) is 2.54. The van der Waals surface area contributed by atoms with Crippen LogP contribution in [0.1, 0.15) is 48.0 Å². The van der Waals surface area contributed by atoms with E-state index < -0.39 is 0 Å². The van der Waals surface area contributed by atoms with Crippen LogP contribution in [0, 0.1) is 0 Å². The van der Waals surface area contributed by atoms with Gasteiger partial charge in [0.05, 0.1) is 13.2 Å². The topological polar surface area (TPSA) is 35.5 Å². The van der Waals surface area contributed by atoms with Gasteiger partial charge < -0.3 is 9.47 Å². The minimum absolute atomic E-state index is 0.230. The van der Waals surface area contributed by atoms with Gasteiger partial charge in [0.2, 0.25) is 0 Å². The van der Waals surface area contributed by atoms with Crippen LogP contribution in [0.2, 0.25) is 0 Å². The molecule has 1 heterocycles. The highest BCUT2D eigenvalue weighted by atomic mass is 16.5. The monoisotopic (exact) mass is 232 g/mol. The van der Waals surface area contributed by atoms with Crippen molar-refractivity contribution >= 4 is 5.78 Å². The third kappa shape index (κ3) is 1.79. The smallest absolute Gasteiger partial charge is 0.163 e. The molecule has 0 amide bonds. The SMILES string of the molecule is CC1CCC(=O)c2cc3c(cc21)OCCCO3. The zero-order chi connectivity index (χ0) is 11.8. The van der Waals surface area contributed by atoms with E-state index in [1.807, 2.05) is 12.1 Å². The Bertz CT molecular complexity index is 465. The number of hydrogen-bond acceptors (Lipinski definition) is 3. The van der Waals surface area contributed by atoms with Crippen molar-refractivity contribution in [3.63, 3.8) is 0 Å². The van der Waals surface area contributed by atoms with Gasteiger partial charge in [-0.25, -0.2) is 0 Å². The summed E-state index contributed by atoms with van der Waals surface area (Å²) in [7, 11) is 0. The molecule has 0 saturated heterocycles. The molecule has 90 valence electrons. The van der Waals surface area contributed by atoms with Gasteiger partial charge in [0, 0.05) is 18.4 Å². The number of hydrogen-bond donors (Lipinski definition) is 0. The molecule has 0 bridgehead atoms. The van der Waals surface area contributed by atoms with Crippen molar-refractivity contribution in [1.29, 1.82) is 0 Å². The van der Waals surface area contributed by atoms with Crippen molar-refractivity contribution in [3.05, 3.63) is 23.3 Å². The molecule has 1 aromatic carbocycles. The summed E-state index contributed by atoms with van der Waals surface area (Å²) in [5.41, 5.74) is 1.94. The lowest BCUT2D eigenvalue weighted by molar-refractivity contribution is 0.0967. The average molecular weight is 232 g/mol. The second-order valence-electron chi connectivity index (χ2n) is 4.80. The minimum Gasteiger partial charge on any atom is -0.490 e. The van der Waals surface area contributed by atoms with Crippen LogP contribution in [-0.2, 0) is 0 Å². The predicted molar refractivity (Wildman–Crippen MR) is 64.0 cm³/mol. The van der Waals surface area contributed by atoms with Crippen molar-refractivity contribution in [2.24, 2.45) is 0 Å². The van der Waals surface area contributed by atoms with E-state index >= 15 is 0 Å². The largest absolute Gasteiger partial charge is 0.490 e. The van der Waals surface area contributed by atoms with E-state index in [2.05, 4.69) is 6.92 Å². The van der Waals surface area contributed by atoms with E-state index in [0.29, 0.717) is 25.6 Å². The van der Waals surface area contributed by atoms with E-state index in [0.717, 1.165) is 35.5 Å². The lowest BCUT2D eigenvalue weighted by Gasteiger charge is -2.22. The van der Waals surface area contributed by atoms with Crippen LogP contribution >= 0.6 is 0 Å². The number of carbonyl (C=O) groups is 1. The van der Waals surface area contributed by atoms with E-state index in [-0.39, 0.29) is 5.78 Å². The molecule has 1 atom stereocenters. The van der Waals surface area contributed by atoms with Gasteiger partial charge in [0.15, 0.2) is 17.3 Å². The van der Waals surface area contributed by atoms with Gasteiger partial charge in [-0.2, -0.15) is 0 Å². The van der Waals surface area contributed by atoms with Crippen molar-refractivity contribution in [1.82, 2.24) is 0 Å². The number of benzene rings is 1. The molecule has 1 aliphatic heterocycles. The molecule has 0 spiro atoms. The first-order chi connectivity index (χ1) is 8.25. The van der Waals surface area contributed by atoms with Gasteiger partial charge >= 0.3 is 0 Å². The Hall–Kier alpha value is -1.51. The normalized spacial score (nSPS) is 22.9. The molecule has 0 fully saturated rings. The van der Waals surface area contributed by atoms with E-state index in [9.17, 15) is 4.79 Å². The van der Waals surface area contributed by atoms with Crippen LogP contribution < -0.4 is 9.47 Å². The minimum atomic E-state index is 0.230. The van der Waals surface area contributed by atoms with Gasteiger partial charge in [-0.1, -0.05) is 6.92 Å². The summed E-state index contributed by atoms with van der Waals surface area (Å²) >= 11 is 0. The molecule has 3 rings (SSSR count). The summed E-state index contributed by atoms with van der Waals surface area (Å²) in [6, 6.07) is 3.87. The number of ether oxygens (including phenoxy) is 2. The molecule has 0 radical (unpaired) electrons. The molecule has 2 aliphatic rings. The highest BCUT2D eigenvalue weighted by Crippen LogP contribution is 2.39. The maximum atomic E-state index is 11.9. The third-order valence-corrected chi connectivity index (χ3v) is 3.56. The molecule has 3 heteroatoms. The standard InChI is InChI=1S/C14H16O3/c1-9-3-4-12(15)11-8-14-13(7-10(9)11)16-5-2-6-17-14/h7-9H,2-6H2,1H3. The van der Waals surface area contributed by atoms with Crippen molar-refractivity contribution in [2.45, 2.75) is 32.1 Å². The molecule has 1 unspecified atom stereocenters. The van der Waals surface area contributed by atoms with Crippen LogP contribution in [0.25, 0.3) is 0 Å². The van der Waals surface area contributed by atoms with Crippen LogP contribution in [-0.4, -0.2) is 19.0 Å². The van der Waals surface area contributed by atoms with Crippen molar-refractivity contribution in [2.75, 3.05) is 13.2 Å². The summed E-state index contributed by atoms with van der Waals surface area (Å²) in [5.74, 6) is 2.18. The maximum absolute atomic E-state index is 11.9. The third-order valence-electron chi connectivity index (χ3n) is 3.56. The maximum Gasteiger partial charge on any atom is 0.163 e. The number of ketones is 1. The van der Waals surface area contributed by atoms with E-state index in [1.54, 1.807) is 0 Å². The fourth-order valence-electron chi connectivity index (χ4n) is 2.51. The zero-order valence-corrected chi connectivity index (χ0v) is 9.99. The lowest BCUT2D eigenvalue weighted by atomic mass is 9.83. The lowest BCUT2D eigenvalue weighted by Crippen LogP contribution is -2.14. The second-order valence-corrected chi connectivity index (χ2v) is 4.80. The molecule has 17 heavy (non-hydrogen) atoms. The van der Waals surface area contributed by atoms with Gasteiger partial charge in [-0.3, -0.25) is 4.79 Å². The number of fused-ring (bicyclic) bond motifs is 2. The van der Waals surface area contributed by atoms with E-state index in [4.69, 9.17) is 9.47 Å². The fourth-order valence-corrected chi connectivity index (χ4v) is 2.51. The first-order valence-electron chi connectivity index (χ1n) is 6.22. The first kappa shape index (κ1) is 10.6. The van der Waals surface area contributed by atoms with Crippen LogP contribution in [0.4, 0.5) is 0 Å². The summed E-state index contributed by atoms with van der Waals surface area (Å²) in [5, 5.41) is 0. The van der Waals surface area contributed by atoms with Gasteiger partial charge in [-0.05, 0) is 30.0 Å². The van der Waals surface area contributed by atoms with Crippen molar-refractivity contribution < 1.29 is 14.3 Å². The highest BCUT2D eigenvalue weighted by molar-refractivity contribution is 5.99. The molecule has 0 aromatic heterocycles. The molecule has 0 saturated carbocycles. The summed E-state index contributed by atoms with van der Waals surface area (Å²) in [4.78, 5) is 11.9. The van der Waals surface area contributed by atoms with Crippen LogP contribution in [0.5, 0.6) is 11.5 Å². The van der Waals surface area contributed by atoms with Gasteiger partial charge in [0.25, 0.3) is 0 Å². The molecule has 1 aliphatic carbocycles. The molecule has 3 nitrogen and oxygen atoms in total. The fraction of sp³-hybridized carbons (Fsp3) is 0.500. The zero-order valence-electron chi connectivity index (χ0n) is 9.99. The summed E-state index contributed by atoms with van der Waals surface area (Å²) in [6.45, 7) is 3.51. The quantitative estimate of drug-likeness (QED) is 0.690. The predicted octanol–water partition coefficient (Wildman–Crippen LogP) is 2.93. The van der Waals surface area contributed by atoms with Crippen LogP contribution in [0.3, 0.4) is 0 Å². The highest BCUT2D eigenvalue weighted by Gasteiger charge is 2.26. The number of Topliss-reactive ketones (excluding diaryl/α,β-unsaturated/α-hetero) is 1. The number of carbonyl (C=O) groups excluding carboxylic acids is 1. The van der Waals surface area contributed by atoms with Gasteiger partial charge in [0.1, 0.15) is 0 Å². The summed E-state index contributed by atoms with van der Waals surface area (Å²) in [6.07, 6.45) is 2.47. The van der Waals surface area contributed by atoms with E-state index in [1.165, 1.54) is 0 Å². The average Bonchev–Trinajstić information content (AvgIpc) is 2.57. The molecular weight excluding hydrogens is 216 g/mol. The van der Waals surface area contributed by atoms with Gasteiger partial charge in [-0.15, -0.1) is 0 Å². The Labute approximate surface area is 101 Å². The van der Waals surface area contributed by atoms with Crippen molar-refractivity contribution in [3.8, 4) is 11.5 Å². The number of rotatable bonds is 0.